The highest BCUT2D eigenvalue weighted by Crippen LogP contribution is 2.13. The number of amides is 3. The van der Waals surface area contributed by atoms with Crippen molar-refractivity contribution in [2.45, 2.75) is 32.9 Å². The summed E-state index contributed by atoms with van der Waals surface area (Å²) in [5.74, 6) is 0.118. The van der Waals surface area contributed by atoms with Crippen LogP contribution >= 0.6 is 0 Å². The van der Waals surface area contributed by atoms with Crippen molar-refractivity contribution < 1.29 is 23.9 Å². The van der Waals surface area contributed by atoms with Crippen LogP contribution in [0.4, 0.5) is 10.5 Å². The van der Waals surface area contributed by atoms with Crippen LogP contribution in [0.15, 0.2) is 54.6 Å². The first kappa shape index (κ1) is 24.5. The third-order valence-electron chi connectivity index (χ3n) is 4.02. The molecule has 8 nitrogen and oxygen atoms in total. The van der Waals surface area contributed by atoms with Crippen LogP contribution in [0.2, 0.25) is 0 Å². The van der Waals surface area contributed by atoms with E-state index in [1.807, 2.05) is 30.3 Å². The minimum atomic E-state index is -0.653. The number of carbonyl (C=O) groups excluding carboxylic acids is 3. The molecule has 8 heteroatoms. The molecule has 0 radical (unpaired) electrons. The molecule has 0 spiro atoms. The molecule has 0 bridgehead atoms. The van der Waals surface area contributed by atoms with Gasteiger partial charge in [0.05, 0.1) is 7.11 Å². The Morgan fingerprint density at radius 2 is 1.72 bits per heavy atom. The van der Waals surface area contributed by atoms with Crippen molar-refractivity contribution in [3.8, 4) is 5.75 Å². The summed E-state index contributed by atoms with van der Waals surface area (Å²) < 4.78 is 10.2. The summed E-state index contributed by atoms with van der Waals surface area (Å²) in [7, 11) is 1.60. The highest BCUT2D eigenvalue weighted by atomic mass is 16.6. The normalized spacial score (nSPS) is 11.0. The Kier molecular flexibility index (Phi) is 8.83. The summed E-state index contributed by atoms with van der Waals surface area (Å²) in [5, 5.41) is 7.90. The minimum absolute atomic E-state index is 0.193. The summed E-state index contributed by atoms with van der Waals surface area (Å²) in [6.45, 7) is 5.29. The average Bonchev–Trinajstić information content (AvgIpc) is 2.74. The summed E-state index contributed by atoms with van der Waals surface area (Å²) in [6, 6.07) is 14.5. The first-order chi connectivity index (χ1) is 15.1. The van der Waals surface area contributed by atoms with Crippen molar-refractivity contribution in [3.05, 3.63) is 65.7 Å². The molecule has 0 saturated heterocycles. The maximum atomic E-state index is 12.2. The van der Waals surface area contributed by atoms with Gasteiger partial charge in [0.1, 0.15) is 17.9 Å². The molecule has 2 aromatic carbocycles. The van der Waals surface area contributed by atoms with Gasteiger partial charge in [-0.15, -0.1) is 0 Å². The second kappa shape index (κ2) is 11.5. The lowest BCUT2D eigenvalue weighted by Gasteiger charge is -2.19. The predicted octanol–water partition coefficient (Wildman–Crippen LogP) is 3.49. The molecule has 3 amide bonds. The number of carbonyl (C=O) groups is 3. The Morgan fingerprint density at radius 1 is 1.00 bits per heavy atom. The molecule has 0 aliphatic carbocycles. The lowest BCUT2D eigenvalue weighted by atomic mass is 10.2. The molecule has 0 heterocycles. The average molecular weight is 440 g/mol. The highest BCUT2D eigenvalue weighted by Gasteiger charge is 2.16. The molecule has 170 valence electrons. The number of nitrogens with one attached hydrogen (secondary N) is 3. The Hall–Kier alpha value is -3.81. The molecule has 0 aromatic heterocycles. The van der Waals surface area contributed by atoms with Crippen molar-refractivity contribution in [1.82, 2.24) is 10.6 Å². The van der Waals surface area contributed by atoms with E-state index in [4.69, 9.17) is 9.47 Å². The summed E-state index contributed by atoms with van der Waals surface area (Å²) in [4.78, 5) is 35.7. The maximum absolute atomic E-state index is 12.2. The molecule has 32 heavy (non-hydrogen) atoms. The Bertz CT molecular complexity index is 962. The molecule has 0 saturated carbocycles. The monoisotopic (exact) mass is 439 g/mol. The van der Waals surface area contributed by atoms with E-state index in [2.05, 4.69) is 16.0 Å². The molecule has 0 unspecified atom stereocenters. The van der Waals surface area contributed by atoms with Crippen molar-refractivity contribution >= 4 is 29.7 Å². The highest BCUT2D eigenvalue weighted by molar-refractivity contribution is 6.02. The fourth-order valence-corrected chi connectivity index (χ4v) is 2.56. The van der Waals surface area contributed by atoms with Gasteiger partial charge in [-0.3, -0.25) is 9.59 Å². The lowest BCUT2D eigenvalue weighted by Crippen LogP contribution is -2.39. The molecule has 0 aliphatic heterocycles. The predicted molar refractivity (Wildman–Crippen MR) is 123 cm³/mol. The molecule has 3 N–H and O–H groups in total. The van der Waals surface area contributed by atoms with Gasteiger partial charge < -0.3 is 25.4 Å². The van der Waals surface area contributed by atoms with Crippen molar-refractivity contribution in [2.24, 2.45) is 0 Å². The number of anilines is 1. The van der Waals surface area contributed by atoms with Crippen LogP contribution in [0, 0.1) is 0 Å². The zero-order valence-electron chi connectivity index (χ0n) is 18.7. The number of ether oxygens (including phenoxy) is 2. The summed E-state index contributed by atoms with van der Waals surface area (Å²) in [6.07, 6.45) is 2.50. The Balaban J connectivity index is 1.81. The number of methoxy groups -OCH3 is 1. The zero-order valence-corrected chi connectivity index (χ0v) is 18.7. The molecule has 0 fully saturated rings. The Labute approximate surface area is 188 Å². The topological polar surface area (TPSA) is 106 Å². The quantitative estimate of drug-likeness (QED) is 0.546. The van der Waals surface area contributed by atoms with E-state index >= 15 is 0 Å². The number of hydrogen-bond donors (Lipinski definition) is 3. The fraction of sp³-hybridized carbons (Fsp3) is 0.292. The van der Waals surface area contributed by atoms with Gasteiger partial charge in [0, 0.05) is 18.3 Å². The van der Waals surface area contributed by atoms with Crippen molar-refractivity contribution in [3.63, 3.8) is 0 Å². The first-order valence-corrected chi connectivity index (χ1v) is 10.1. The minimum Gasteiger partial charge on any atom is -0.497 e. The van der Waals surface area contributed by atoms with Gasteiger partial charge in [0.25, 0.3) is 0 Å². The Morgan fingerprint density at radius 3 is 2.38 bits per heavy atom. The second-order valence-electron chi connectivity index (χ2n) is 7.93. The van der Waals surface area contributed by atoms with Crippen LogP contribution in [-0.2, 0) is 20.9 Å². The summed E-state index contributed by atoms with van der Waals surface area (Å²) >= 11 is 0. The number of hydrogen-bond acceptors (Lipinski definition) is 5. The standard InChI is InChI=1S/C24H29N3O5/c1-24(2,3)32-23(30)26-16-22(29)25-15-18-6-5-7-19(14-18)27-21(28)13-10-17-8-11-20(31-4)12-9-17/h5-14H,15-16H2,1-4H3,(H,25,29)(H,26,30)(H,27,28)/b13-10+. The van der Waals surface area contributed by atoms with E-state index in [-0.39, 0.29) is 24.9 Å². The van der Waals surface area contributed by atoms with Crippen LogP contribution in [0.5, 0.6) is 5.75 Å². The van der Waals surface area contributed by atoms with E-state index in [0.717, 1.165) is 16.9 Å². The summed E-state index contributed by atoms with van der Waals surface area (Å²) in [5.41, 5.74) is 1.65. The molecular formula is C24H29N3O5. The molecular weight excluding hydrogens is 410 g/mol. The lowest BCUT2D eigenvalue weighted by molar-refractivity contribution is -0.120. The van der Waals surface area contributed by atoms with Gasteiger partial charge in [-0.2, -0.15) is 0 Å². The third-order valence-corrected chi connectivity index (χ3v) is 4.02. The van der Waals surface area contributed by atoms with Crippen molar-refractivity contribution in [1.29, 1.82) is 0 Å². The van der Waals surface area contributed by atoms with Gasteiger partial charge in [0.15, 0.2) is 0 Å². The number of rotatable bonds is 8. The van der Waals surface area contributed by atoms with Crippen LogP contribution in [-0.4, -0.2) is 37.2 Å². The number of alkyl carbamates (subject to hydrolysis) is 1. The van der Waals surface area contributed by atoms with E-state index in [1.54, 1.807) is 52.2 Å². The molecule has 0 aliphatic rings. The number of benzene rings is 2. The van der Waals surface area contributed by atoms with E-state index in [9.17, 15) is 14.4 Å². The zero-order chi connectivity index (χ0) is 23.6. The SMILES string of the molecule is COc1ccc(/C=C/C(=O)Nc2cccc(CNC(=O)CNC(=O)OC(C)(C)C)c2)cc1. The van der Waals surface area contributed by atoms with Gasteiger partial charge in [-0.1, -0.05) is 24.3 Å². The van der Waals surface area contributed by atoms with Gasteiger partial charge >= 0.3 is 6.09 Å². The third kappa shape index (κ3) is 9.34. The van der Waals surface area contributed by atoms with Crippen molar-refractivity contribution in [2.75, 3.05) is 19.0 Å². The largest absolute Gasteiger partial charge is 0.497 e. The van der Waals surface area contributed by atoms with E-state index < -0.39 is 11.7 Å². The van der Waals surface area contributed by atoms with Crippen LogP contribution < -0.4 is 20.7 Å². The molecule has 2 aromatic rings. The molecule has 0 atom stereocenters. The van der Waals surface area contributed by atoms with Gasteiger partial charge in [-0.05, 0) is 62.2 Å². The van der Waals surface area contributed by atoms with E-state index in [1.165, 1.54) is 6.08 Å². The van der Waals surface area contributed by atoms with Crippen LogP contribution in [0.25, 0.3) is 6.08 Å². The van der Waals surface area contributed by atoms with Gasteiger partial charge in [0.2, 0.25) is 11.8 Å². The first-order valence-electron chi connectivity index (χ1n) is 10.1. The van der Waals surface area contributed by atoms with Crippen LogP contribution in [0.1, 0.15) is 31.9 Å². The molecule has 2 rings (SSSR count). The van der Waals surface area contributed by atoms with Gasteiger partial charge in [-0.25, -0.2) is 4.79 Å². The second-order valence-corrected chi connectivity index (χ2v) is 7.93. The smallest absolute Gasteiger partial charge is 0.408 e. The van der Waals surface area contributed by atoms with E-state index in [0.29, 0.717) is 5.69 Å². The van der Waals surface area contributed by atoms with Crippen LogP contribution in [0.3, 0.4) is 0 Å². The fourth-order valence-electron chi connectivity index (χ4n) is 2.56. The maximum Gasteiger partial charge on any atom is 0.408 e.